The average molecular weight is 347 g/mol. The van der Waals surface area contributed by atoms with E-state index in [1.165, 1.54) is 32.1 Å². The molecule has 0 saturated heterocycles. The van der Waals surface area contributed by atoms with Crippen LogP contribution in [0.3, 0.4) is 0 Å². The number of aromatic hydroxyl groups is 1. The molecule has 0 bridgehead atoms. The monoisotopic (exact) mass is 347 g/mol. The van der Waals surface area contributed by atoms with Crippen molar-refractivity contribution in [3.05, 3.63) is 42.6 Å². The van der Waals surface area contributed by atoms with Gasteiger partial charge in [0.2, 0.25) is 0 Å². The van der Waals surface area contributed by atoms with E-state index in [1.54, 1.807) is 6.07 Å². The number of para-hydroxylation sites is 1. The lowest BCUT2D eigenvalue weighted by atomic mass is 9.95. The maximum absolute atomic E-state index is 10.0. The maximum Gasteiger partial charge on any atom is 0.154 e. The van der Waals surface area contributed by atoms with E-state index in [0.29, 0.717) is 6.04 Å². The number of benzene rings is 1. The van der Waals surface area contributed by atoms with Gasteiger partial charge in [-0.25, -0.2) is 9.50 Å². The summed E-state index contributed by atoms with van der Waals surface area (Å²) in [6, 6.07) is 12.0. The normalized spacial score (nSPS) is 15.7. The largest absolute Gasteiger partial charge is 0.506 e. The maximum atomic E-state index is 10.0. The summed E-state index contributed by atoms with van der Waals surface area (Å²) in [6.45, 7) is 0. The highest BCUT2D eigenvalue weighted by Gasteiger charge is 2.15. The van der Waals surface area contributed by atoms with Crippen LogP contribution in [0.4, 0.5) is 5.82 Å². The van der Waals surface area contributed by atoms with E-state index in [2.05, 4.69) is 15.3 Å². The fraction of sp³-hybridized carbons (Fsp3) is 0.300. The Labute approximate surface area is 150 Å². The predicted octanol–water partition coefficient (Wildman–Crippen LogP) is 4.33. The van der Waals surface area contributed by atoms with E-state index >= 15 is 0 Å². The summed E-state index contributed by atoms with van der Waals surface area (Å²) in [7, 11) is 0. The van der Waals surface area contributed by atoms with Crippen molar-refractivity contribution in [1.29, 1.82) is 0 Å². The molecular formula is C20H21N5O. The lowest BCUT2D eigenvalue weighted by molar-refractivity contribution is 0.461. The van der Waals surface area contributed by atoms with E-state index in [4.69, 9.17) is 5.10 Å². The van der Waals surface area contributed by atoms with Crippen LogP contribution in [-0.4, -0.2) is 30.7 Å². The zero-order chi connectivity index (χ0) is 17.5. The second-order valence-corrected chi connectivity index (χ2v) is 7.04. The van der Waals surface area contributed by atoms with Crippen LogP contribution in [0.5, 0.6) is 5.75 Å². The van der Waals surface area contributed by atoms with E-state index in [0.717, 1.165) is 33.8 Å². The molecule has 6 heteroatoms. The first-order valence-corrected chi connectivity index (χ1v) is 9.20. The Morgan fingerprint density at radius 2 is 2.00 bits per heavy atom. The predicted molar refractivity (Wildman–Crippen MR) is 102 cm³/mol. The second kappa shape index (κ2) is 6.05. The zero-order valence-electron chi connectivity index (χ0n) is 14.4. The van der Waals surface area contributed by atoms with E-state index < -0.39 is 0 Å². The Morgan fingerprint density at radius 3 is 2.85 bits per heavy atom. The number of hydrogen-bond acceptors (Lipinski definition) is 4. The lowest BCUT2D eigenvalue weighted by Crippen LogP contribution is -2.23. The third-order valence-electron chi connectivity index (χ3n) is 5.23. The van der Waals surface area contributed by atoms with Crippen LogP contribution in [0.1, 0.15) is 32.1 Å². The highest BCUT2D eigenvalue weighted by atomic mass is 16.3. The Morgan fingerprint density at radius 1 is 1.12 bits per heavy atom. The zero-order valence-corrected chi connectivity index (χ0v) is 14.4. The third-order valence-corrected chi connectivity index (χ3v) is 5.23. The number of aromatic amines is 1. The summed E-state index contributed by atoms with van der Waals surface area (Å²) in [5.74, 6) is 1.12. The molecule has 0 amide bonds. The molecule has 4 aromatic rings. The van der Waals surface area contributed by atoms with Gasteiger partial charge in [-0.1, -0.05) is 31.4 Å². The molecule has 132 valence electrons. The molecule has 1 saturated carbocycles. The number of imidazole rings is 1. The molecule has 0 radical (unpaired) electrons. The number of nitrogens with zero attached hydrogens (tertiary/aromatic N) is 3. The minimum atomic E-state index is 0.246. The van der Waals surface area contributed by atoms with Crippen LogP contribution >= 0.6 is 0 Å². The van der Waals surface area contributed by atoms with Crippen molar-refractivity contribution in [3.63, 3.8) is 0 Å². The molecule has 6 nitrogen and oxygen atoms in total. The van der Waals surface area contributed by atoms with Gasteiger partial charge in [0.25, 0.3) is 0 Å². The standard InChI is InChI=1S/C20H21N5O/c26-17-8-4-5-13-11-15(23-20(13)17)16-12-21-19-10-9-18(24-25(16)19)22-14-6-2-1-3-7-14/h4-5,8-12,14,23,26H,1-3,6-7H2,(H,22,24). The van der Waals surface area contributed by atoms with Crippen molar-refractivity contribution in [3.8, 4) is 17.1 Å². The fourth-order valence-electron chi connectivity index (χ4n) is 3.87. The molecule has 0 unspecified atom stereocenters. The van der Waals surface area contributed by atoms with Crippen LogP contribution in [0.25, 0.3) is 27.9 Å². The molecule has 0 aliphatic heterocycles. The fourth-order valence-corrected chi connectivity index (χ4v) is 3.87. The summed E-state index contributed by atoms with van der Waals surface area (Å²) in [5.41, 5.74) is 3.30. The Balaban J connectivity index is 1.54. The van der Waals surface area contributed by atoms with Crippen molar-refractivity contribution < 1.29 is 5.11 Å². The molecule has 3 N–H and O–H groups in total. The van der Waals surface area contributed by atoms with Crippen molar-refractivity contribution in [2.45, 2.75) is 38.1 Å². The van der Waals surface area contributed by atoms with Gasteiger partial charge < -0.3 is 15.4 Å². The van der Waals surface area contributed by atoms with Crippen LogP contribution < -0.4 is 5.32 Å². The van der Waals surface area contributed by atoms with Crippen LogP contribution in [0.15, 0.2) is 42.6 Å². The average Bonchev–Trinajstić information content (AvgIpc) is 3.27. The van der Waals surface area contributed by atoms with Gasteiger partial charge in [-0.2, -0.15) is 0 Å². The molecule has 1 aromatic carbocycles. The van der Waals surface area contributed by atoms with Crippen LogP contribution in [0, 0.1) is 0 Å². The van der Waals surface area contributed by atoms with Gasteiger partial charge in [0.1, 0.15) is 17.3 Å². The molecule has 1 aliphatic carbocycles. The SMILES string of the molecule is Oc1cccc2cc(-c3cnc4ccc(NC5CCCCC5)nn34)[nH]c12. The molecule has 0 atom stereocenters. The van der Waals surface area contributed by atoms with Crippen molar-refractivity contribution in [2.24, 2.45) is 0 Å². The van der Waals surface area contributed by atoms with E-state index in [1.807, 2.05) is 41.0 Å². The number of rotatable bonds is 3. The van der Waals surface area contributed by atoms with E-state index in [-0.39, 0.29) is 5.75 Å². The Kier molecular flexibility index (Phi) is 3.55. The number of phenols is 1. The molecule has 1 aliphatic rings. The molecule has 1 fully saturated rings. The number of phenolic OH excluding ortho intramolecular Hbond substituents is 1. The molecule has 3 heterocycles. The quantitative estimate of drug-likeness (QED) is 0.515. The Bertz CT molecular complexity index is 1070. The first-order valence-electron chi connectivity index (χ1n) is 9.20. The number of H-pyrrole nitrogens is 1. The summed E-state index contributed by atoms with van der Waals surface area (Å²) in [6.07, 6.45) is 8.14. The van der Waals surface area contributed by atoms with Gasteiger partial charge in [-0.15, -0.1) is 5.10 Å². The second-order valence-electron chi connectivity index (χ2n) is 7.04. The molecular weight excluding hydrogens is 326 g/mol. The highest BCUT2D eigenvalue weighted by Crippen LogP contribution is 2.29. The van der Waals surface area contributed by atoms with Gasteiger partial charge in [0, 0.05) is 11.4 Å². The van der Waals surface area contributed by atoms with Crippen molar-refractivity contribution in [2.75, 3.05) is 5.32 Å². The minimum Gasteiger partial charge on any atom is -0.506 e. The topological polar surface area (TPSA) is 78.2 Å². The molecule has 3 aromatic heterocycles. The minimum absolute atomic E-state index is 0.246. The molecule has 26 heavy (non-hydrogen) atoms. The number of nitrogens with one attached hydrogen (secondary N) is 2. The van der Waals surface area contributed by atoms with Gasteiger partial charge >= 0.3 is 0 Å². The number of hydrogen-bond donors (Lipinski definition) is 3. The van der Waals surface area contributed by atoms with Crippen molar-refractivity contribution in [1.82, 2.24) is 19.6 Å². The Hall–Kier alpha value is -3.02. The van der Waals surface area contributed by atoms with Crippen LogP contribution in [-0.2, 0) is 0 Å². The third kappa shape index (κ3) is 2.58. The number of fused-ring (bicyclic) bond motifs is 2. The molecule has 5 rings (SSSR count). The first-order chi connectivity index (χ1) is 12.8. The number of aromatic nitrogens is 4. The first kappa shape index (κ1) is 15.3. The van der Waals surface area contributed by atoms with Gasteiger partial charge in [-0.3, -0.25) is 0 Å². The highest BCUT2D eigenvalue weighted by molar-refractivity contribution is 5.89. The smallest absolute Gasteiger partial charge is 0.154 e. The number of anilines is 1. The van der Waals surface area contributed by atoms with E-state index in [9.17, 15) is 5.11 Å². The summed E-state index contributed by atoms with van der Waals surface area (Å²) in [4.78, 5) is 7.75. The summed E-state index contributed by atoms with van der Waals surface area (Å²) >= 11 is 0. The van der Waals surface area contributed by atoms with Crippen molar-refractivity contribution >= 4 is 22.4 Å². The van der Waals surface area contributed by atoms with Crippen LogP contribution in [0.2, 0.25) is 0 Å². The summed E-state index contributed by atoms with van der Waals surface area (Å²) < 4.78 is 1.85. The van der Waals surface area contributed by atoms with Gasteiger partial charge in [0.15, 0.2) is 5.65 Å². The molecule has 0 spiro atoms. The summed E-state index contributed by atoms with van der Waals surface area (Å²) in [5, 5.41) is 19.3. The van der Waals surface area contributed by atoms with Gasteiger partial charge in [0.05, 0.1) is 17.4 Å². The van der Waals surface area contributed by atoms with Gasteiger partial charge in [-0.05, 0) is 37.1 Å². The lowest BCUT2D eigenvalue weighted by Gasteiger charge is -2.23.